The van der Waals surface area contributed by atoms with Crippen molar-refractivity contribution in [1.29, 1.82) is 0 Å². The van der Waals surface area contributed by atoms with Crippen molar-refractivity contribution in [3.8, 4) is 39.1 Å². The first-order valence-electron chi connectivity index (χ1n) is 13.4. The van der Waals surface area contributed by atoms with Gasteiger partial charge in [0.2, 0.25) is 0 Å². The standard InChI is InChI=1S/C37H22N2/c1-2-9-23(10-3-1)25-12-6-14-27(21-25)39-32-19-18-24-11-7-17-30-28-15-4-5-16-29(28)31-22-26-13-8-20-38-36(26)37(39)34(31)35(32)33(24)30/h1-22H. The molecule has 0 fully saturated rings. The summed E-state index contributed by atoms with van der Waals surface area (Å²) in [6.07, 6.45) is 1.92. The molecule has 1 aliphatic rings. The summed E-state index contributed by atoms with van der Waals surface area (Å²) >= 11 is 0. The molecule has 0 bridgehead atoms. The summed E-state index contributed by atoms with van der Waals surface area (Å²) in [6, 6.07) is 46.2. The molecule has 0 unspecified atom stereocenters. The first-order chi connectivity index (χ1) is 19.4. The Balaban J connectivity index is 1.54. The number of benzene rings is 6. The highest BCUT2D eigenvalue weighted by molar-refractivity contribution is 6.33. The minimum absolute atomic E-state index is 1.03. The summed E-state index contributed by atoms with van der Waals surface area (Å²) in [4.78, 5) is 4.98. The molecule has 2 nitrogen and oxygen atoms in total. The van der Waals surface area contributed by atoms with Crippen LogP contribution in [0.3, 0.4) is 0 Å². The van der Waals surface area contributed by atoms with E-state index in [-0.39, 0.29) is 0 Å². The van der Waals surface area contributed by atoms with Gasteiger partial charge in [0, 0.05) is 28.0 Å². The van der Waals surface area contributed by atoms with Gasteiger partial charge in [0.05, 0.1) is 16.6 Å². The zero-order valence-corrected chi connectivity index (χ0v) is 21.1. The first kappa shape index (κ1) is 20.8. The second kappa shape index (κ2) is 7.66. The van der Waals surface area contributed by atoms with E-state index in [4.69, 9.17) is 4.98 Å². The fourth-order valence-electron chi connectivity index (χ4n) is 6.72. The number of hydrogen-bond acceptors (Lipinski definition) is 1. The molecule has 0 aliphatic heterocycles. The van der Waals surface area contributed by atoms with Crippen molar-refractivity contribution in [2.24, 2.45) is 0 Å². The van der Waals surface area contributed by atoms with Crippen LogP contribution in [0.15, 0.2) is 134 Å². The molecule has 9 rings (SSSR count). The lowest BCUT2D eigenvalue weighted by atomic mass is 9.93. The van der Waals surface area contributed by atoms with Crippen LogP contribution in [-0.2, 0) is 0 Å². The maximum atomic E-state index is 4.98. The van der Waals surface area contributed by atoms with Gasteiger partial charge in [0.25, 0.3) is 0 Å². The predicted molar refractivity (Wildman–Crippen MR) is 163 cm³/mol. The van der Waals surface area contributed by atoms with Crippen molar-refractivity contribution in [1.82, 2.24) is 9.55 Å². The van der Waals surface area contributed by atoms with Crippen LogP contribution in [-0.4, -0.2) is 9.55 Å². The molecular weight excluding hydrogens is 472 g/mol. The molecule has 1 aliphatic carbocycles. The summed E-state index contributed by atoms with van der Waals surface area (Å²) in [5.74, 6) is 0. The van der Waals surface area contributed by atoms with Gasteiger partial charge < -0.3 is 4.57 Å². The van der Waals surface area contributed by atoms with Crippen LogP contribution in [0.25, 0.3) is 82.5 Å². The van der Waals surface area contributed by atoms with Gasteiger partial charge in [-0.2, -0.15) is 0 Å². The van der Waals surface area contributed by atoms with Gasteiger partial charge in [-0.25, -0.2) is 0 Å². The van der Waals surface area contributed by atoms with E-state index in [9.17, 15) is 0 Å². The highest BCUT2D eigenvalue weighted by atomic mass is 15.0. The van der Waals surface area contributed by atoms with Crippen molar-refractivity contribution in [2.45, 2.75) is 0 Å². The Labute approximate surface area is 225 Å². The second-order valence-electron chi connectivity index (χ2n) is 10.4. The average molecular weight is 495 g/mol. The molecule has 0 spiro atoms. The summed E-state index contributed by atoms with van der Waals surface area (Å²) in [6.45, 7) is 0. The number of aromatic nitrogens is 2. The lowest BCUT2D eigenvalue weighted by molar-refractivity contribution is 1.18. The molecule has 0 atom stereocenters. The summed E-state index contributed by atoms with van der Waals surface area (Å²) in [5, 5.41) is 6.33. The van der Waals surface area contributed by atoms with Crippen LogP contribution in [0, 0.1) is 0 Å². The minimum atomic E-state index is 1.03. The molecule has 0 saturated heterocycles. The fourth-order valence-corrected chi connectivity index (χ4v) is 6.72. The van der Waals surface area contributed by atoms with Crippen LogP contribution in [0.1, 0.15) is 0 Å². The van der Waals surface area contributed by atoms with E-state index in [2.05, 4.69) is 126 Å². The Morgan fingerprint density at radius 3 is 2.10 bits per heavy atom. The molecule has 2 heterocycles. The average Bonchev–Trinajstić information content (AvgIpc) is 3.31. The predicted octanol–water partition coefficient (Wildman–Crippen LogP) is 9.80. The Morgan fingerprint density at radius 2 is 1.21 bits per heavy atom. The Bertz CT molecular complexity index is 2270. The van der Waals surface area contributed by atoms with Gasteiger partial charge in [-0.3, -0.25) is 4.98 Å². The summed E-state index contributed by atoms with van der Waals surface area (Å²) < 4.78 is 2.44. The van der Waals surface area contributed by atoms with Crippen molar-refractivity contribution in [2.75, 3.05) is 0 Å². The van der Waals surface area contributed by atoms with Crippen LogP contribution in [0.5, 0.6) is 0 Å². The number of nitrogens with zero attached hydrogens (tertiary/aromatic N) is 2. The first-order valence-corrected chi connectivity index (χ1v) is 13.4. The van der Waals surface area contributed by atoms with Gasteiger partial charge in [0.1, 0.15) is 0 Å². The van der Waals surface area contributed by atoms with E-state index < -0.39 is 0 Å². The van der Waals surface area contributed by atoms with Crippen LogP contribution < -0.4 is 0 Å². The zero-order chi connectivity index (χ0) is 25.5. The molecule has 2 aromatic heterocycles. The van der Waals surface area contributed by atoms with Gasteiger partial charge in [-0.15, -0.1) is 0 Å². The maximum absolute atomic E-state index is 4.98. The number of fused-ring (bicyclic) bond motifs is 5. The van der Waals surface area contributed by atoms with E-state index >= 15 is 0 Å². The smallest absolute Gasteiger partial charge is 0.0949 e. The van der Waals surface area contributed by atoms with Gasteiger partial charge in [0.15, 0.2) is 0 Å². The molecule has 180 valence electrons. The van der Waals surface area contributed by atoms with E-state index in [0.29, 0.717) is 0 Å². The molecule has 6 aromatic carbocycles. The third kappa shape index (κ3) is 2.78. The SMILES string of the molecule is c1ccc(-c2cccc(-n3c4ccc5cccc6c5c4c4c(cc5cccnc5c43)-c3ccccc3-6)c2)cc1. The van der Waals surface area contributed by atoms with Crippen molar-refractivity contribution < 1.29 is 0 Å². The third-order valence-electron chi connectivity index (χ3n) is 8.33. The van der Waals surface area contributed by atoms with Crippen LogP contribution in [0.2, 0.25) is 0 Å². The van der Waals surface area contributed by atoms with E-state index in [1.54, 1.807) is 0 Å². The fraction of sp³-hybridized carbons (Fsp3) is 0. The molecule has 2 heteroatoms. The zero-order valence-electron chi connectivity index (χ0n) is 21.1. The maximum Gasteiger partial charge on any atom is 0.0949 e. The van der Waals surface area contributed by atoms with Crippen molar-refractivity contribution in [3.05, 3.63) is 134 Å². The van der Waals surface area contributed by atoms with Crippen molar-refractivity contribution >= 4 is 43.5 Å². The minimum Gasteiger partial charge on any atom is -0.307 e. The van der Waals surface area contributed by atoms with E-state index in [1.165, 1.54) is 66.0 Å². The van der Waals surface area contributed by atoms with Crippen LogP contribution >= 0.6 is 0 Å². The molecule has 0 N–H and O–H groups in total. The lowest BCUT2D eigenvalue weighted by Crippen LogP contribution is -1.97. The second-order valence-corrected chi connectivity index (χ2v) is 10.4. The molecule has 8 aromatic rings. The number of pyridine rings is 1. The number of hydrogen-bond donors (Lipinski definition) is 0. The topological polar surface area (TPSA) is 17.8 Å². The van der Waals surface area contributed by atoms with Crippen LogP contribution in [0.4, 0.5) is 0 Å². The molecule has 0 radical (unpaired) electrons. The molecule has 0 saturated carbocycles. The summed E-state index contributed by atoms with van der Waals surface area (Å²) in [5.41, 5.74) is 12.1. The van der Waals surface area contributed by atoms with E-state index in [1.807, 2.05) is 12.3 Å². The van der Waals surface area contributed by atoms with Gasteiger partial charge in [-0.1, -0.05) is 97.1 Å². The third-order valence-corrected chi connectivity index (χ3v) is 8.33. The number of rotatable bonds is 2. The van der Waals surface area contributed by atoms with Crippen molar-refractivity contribution in [3.63, 3.8) is 0 Å². The largest absolute Gasteiger partial charge is 0.307 e. The highest BCUT2D eigenvalue weighted by Gasteiger charge is 2.26. The Kier molecular flexibility index (Phi) is 4.08. The molecule has 0 amide bonds. The Morgan fingerprint density at radius 1 is 0.462 bits per heavy atom. The molecular formula is C37H22N2. The summed E-state index contributed by atoms with van der Waals surface area (Å²) in [7, 11) is 0. The van der Waals surface area contributed by atoms with E-state index in [0.717, 1.165) is 16.6 Å². The lowest BCUT2D eigenvalue weighted by Gasteiger charge is -2.15. The monoisotopic (exact) mass is 494 g/mol. The Hall–Kier alpha value is -5.21. The van der Waals surface area contributed by atoms with Gasteiger partial charge in [-0.05, 0) is 74.5 Å². The van der Waals surface area contributed by atoms with Gasteiger partial charge >= 0.3 is 0 Å². The normalized spacial score (nSPS) is 12.1. The highest BCUT2D eigenvalue weighted by Crippen LogP contribution is 2.51. The molecule has 39 heavy (non-hydrogen) atoms. The quantitative estimate of drug-likeness (QED) is 0.234.